The van der Waals surface area contributed by atoms with E-state index in [2.05, 4.69) is 18.7 Å². The first-order valence-corrected chi connectivity index (χ1v) is 8.25. The molecule has 0 N–H and O–H groups in total. The summed E-state index contributed by atoms with van der Waals surface area (Å²) in [4.78, 5) is 0. The molecule has 0 atom stereocenters. The van der Waals surface area contributed by atoms with E-state index < -0.39 is 11.6 Å². The number of hydrogen-bond donors (Lipinski definition) is 0. The van der Waals surface area contributed by atoms with E-state index in [0.29, 0.717) is 17.4 Å². The van der Waals surface area contributed by atoms with Crippen LogP contribution in [0.15, 0.2) is 61.2 Å². The van der Waals surface area contributed by atoms with Gasteiger partial charge in [-0.25, -0.2) is 8.78 Å². The van der Waals surface area contributed by atoms with Gasteiger partial charge in [0.25, 0.3) is 0 Å². The van der Waals surface area contributed by atoms with Gasteiger partial charge in [-0.2, -0.15) is 0 Å². The van der Waals surface area contributed by atoms with Crippen molar-refractivity contribution in [3.63, 3.8) is 0 Å². The fraction of sp³-hybridized carbons (Fsp3) is 0.182. The monoisotopic (exact) mass is 322 g/mol. The number of benzene rings is 3. The van der Waals surface area contributed by atoms with Crippen LogP contribution in [0.2, 0.25) is 0 Å². The molecular weight excluding hydrogens is 302 g/mol. The van der Waals surface area contributed by atoms with E-state index in [1.54, 1.807) is 12.1 Å². The van der Waals surface area contributed by atoms with Crippen LogP contribution in [0.4, 0.5) is 8.78 Å². The molecule has 0 aliphatic rings. The van der Waals surface area contributed by atoms with Gasteiger partial charge in [0.2, 0.25) is 0 Å². The zero-order chi connectivity index (χ0) is 17.1. The maximum absolute atomic E-state index is 14.4. The lowest BCUT2D eigenvalue weighted by molar-refractivity contribution is 0.508. The van der Waals surface area contributed by atoms with Crippen molar-refractivity contribution in [1.82, 2.24) is 0 Å². The largest absolute Gasteiger partial charge is 0.203 e. The molecule has 0 aliphatic heterocycles. The van der Waals surface area contributed by atoms with E-state index in [1.165, 1.54) is 5.56 Å². The molecule has 24 heavy (non-hydrogen) atoms. The van der Waals surface area contributed by atoms with Crippen LogP contribution in [0.3, 0.4) is 0 Å². The first kappa shape index (κ1) is 16.4. The summed E-state index contributed by atoms with van der Waals surface area (Å²) in [6.45, 7) is 5.56. The average Bonchev–Trinajstić information content (AvgIpc) is 2.63. The topological polar surface area (TPSA) is 0 Å². The Kier molecular flexibility index (Phi) is 4.75. The van der Waals surface area contributed by atoms with Crippen molar-refractivity contribution in [3.8, 4) is 11.1 Å². The van der Waals surface area contributed by atoms with Crippen LogP contribution in [0, 0.1) is 11.6 Å². The third kappa shape index (κ3) is 3.09. The van der Waals surface area contributed by atoms with Crippen molar-refractivity contribution in [2.24, 2.45) is 0 Å². The Bertz CT molecular complexity index is 877. The standard InChI is InChI=1S/C22H20F2/c1-3-5-6-15-7-9-17(10-8-15)18-11-12-19-13-16(4-2)21(23)22(24)20(19)14-18/h3,7-14H,1,4-6H2,2H3. The van der Waals surface area contributed by atoms with Gasteiger partial charge in [-0.15, -0.1) is 6.58 Å². The van der Waals surface area contributed by atoms with Crippen LogP contribution >= 0.6 is 0 Å². The van der Waals surface area contributed by atoms with Crippen molar-refractivity contribution in [2.45, 2.75) is 26.2 Å². The summed E-state index contributed by atoms with van der Waals surface area (Å²) in [7, 11) is 0. The molecule has 0 nitrogen and oxygen atoms in total. The predicted octanol–water partition coefficient (Wildman–Crippen LogP) is 6.47. The summed E-state index contributed by atoms with van der Waals surface area (Å²) in [5.74, 6) is -1.49. The van der Waals surface area contributed by atoms with Gasteiger partial charge < -0.3 is 0 Å². The molecule has 0 aliphatic carbocycles. The maximum atomic E-state index is 14.4. The Morgan fingerprint density at radius 2 is 1.62 bits per heavy atom. The van der Waals surface area contributed by atoms with E-state index in [1.807, 2.05) is 37.3 Å². The second-order valence-electron chi connectivity index (χ2n) is 5.98. The maximum Gasteiger partial charge on any atom is 0.166 e. The van der Waals surface area contributed by atoms with Crippen LogP contribution in [-0.2, 0) is 12.8 Å². The Morgan fingerprint density at radius 3 is 2.29 bits per heavy atom. The lowest BCUT2D eigenvalue weighted by atomic mass is 9.97. The normalized spacial score (nSPS) is 11.0. The molecule has 0 saturated carbocycles. The highest BCUT2D eigenvalue weighted by Crippen LogP contribution is 2.29. The van der Waals surface area contributed by atoms with Gasteiger partial charge in [0.1, 0.15) is 0 Å². The zero-order valence-corrected chi connectivity index (χ0v) is 13.8. The molecule has 0 bridgehead atoms. The van der Waals surface area contributed by atoms with Gasteiger partial charge in [0.05, 0.1) is 0 Å². The minimum Gasteiger partial charge on any atom is -0.203 e. The number of halogens is 2. The molecule has 0 amide bonds. The Balaban J connectivity index is 2.01. The Morgan fingerprint density at radius 1 is 0.917 bits per heavy atom. The van der Waals surface area contributed by atoms with E-state index in [-0.39, 0.29) is 0 Å². The van der Waals surface area contributed by atoms with Gasteiger partial charge in [-0.3, -0.25) is 0 Å². The lowest BCUT2D eigenvalue weighted by Gasteiger charge is -2.09. The zero-order valence-electron chi connectivity index (χ0n) is 13.8. The summed E-state index contributed by atoms with van der Waals surface area (Å²) in [5.41, 5.74) is 3.54. The van der Waals surface area contributed by atoms with Gasteiger partial charge in [-0.05, 0) is 59.0 Å². The summed E-state index contributed by atoms with van der Waals surface area (Å²) < 4.78 is 28.4. The van der Waals surface area contributed by atoms with E-state index in [9.17, 15) is 8.78 Å². The molecule has 3 aromatic carbocycles. The van der Waals surface area contributed by atoms with Crippen molar-refractivity contribution < 1.29 is 8.78 Å². The van der Waals surface area contributed by atoms with Gasteiger partial charge in [0.15, 0.2) is 11.6 Å². The first-order chi connectivity index (χ1) is 11.6. The number of fused-ring (bicyclic) bond motifs is 1. The minimum atomic E-state index is -0.756. The SMILES string of the molecule is C=CCCc1ccc(-c2ccc3cc(CC)c(F)c(F)c3c2)cc1. The average molecular weight is 322 g/mol. The van der Waals surface area contributed by atoms with Crippen LogP contribution in [0.1, 0.15) is 24.5 Å². The highest BCUT2D eigenvalue weighted by Gasteiger charge is 2.13. The molecule has 0 unspecified atom stereocenters. The Hall–Kier alpha value is -2.48. The van der Waals surface area contributed by atoms with Crippen molar-refractivity contribution >= 4 is 10.8 Å². The fourth-order valence-corrected chi connectivity index (χ4v) is 2.95. The molecule has 0 spiro atoms. The lowest BCUT2D eigenvalue weighted by Crippen LogP contribution is -1.95. The van der Waals surface area contributed by atoms with Crippen molar-refractivity contribution in [1.29, 1.82) is 0 Å². The molecule has 0 fully saturated rings. The smallest absolute Gasteiger partial charge is 0.166 e. The van der Waals surface area contributed by atoms with Crippen LogP contribution in [-0.4, -0.2) is 0 Å². The number of aryl methyl sites for hydroxylation is 2. The van der Waals surface area contributed by atoms with Crippen molar-refractivity contribution in [3.05, 3.63) is 83.9 Å². The van der Waals surface area contributed by atoms with E-state index >= 15 is 0 Å². The third-order valence-corrected chi connectivity index (χ3v) is 4.40. The molecule has 0 radical (unpaired) electrons. The summed E-state index contributed by atoms with van der Waals surface area (Å²) >= 11 is 0. The summed E-state index contributed by atoms with van der Waals surface area (Å²) in [5, 5.41) is 1.06. The molecule has 3 aromatic rings. The second kappa shape index (κ2) is 6.96. The quantitative estimate of drug-likeness (QED) is 0.472. The number of rotatable bonds is 5. The van der Waals surface area contributed by atoms with Crippen LogP contribution in [0.5, 0.6) is 0 Å². The highest BCUT2D eigenvalue weighted by molar-refractivity contribution is 5.88. The van der Waals surface area contributed by atoms with Crippen molar-refractivity contribution in [2.75, 3.05) is 0 Å². The molecule has 122 valence electrons. The van der Waals surface area contributed by atoms with Gasteiger partial charge in [-0.1, -0.05) is 49.4 Å². The van der Waals surface area contributed by atoms with Crippen LogP contribution in [0.25, 0.3) is 21.9 Å². The third-order valence-electron chi connectivity index (χ3n) is 4.40. The Labute approximate surface area is 141 Å². The highest BCUT2D eigenvalue weighted by atomic mass is 19.2. The van der Waals surface area contributed by atoms with E-state index in [4.69, 9.17) is 0 Å². The molecule has 3 rings (SSSR count). The fourth-order valence-electron chi connectivity index (χ4n) is 2.95. The van der Waals surface area contributed by atoms with E-state index in [0.717, 1.165) is 29.4 Å². The summed E-state index contributed by atoms with van der Waals surface area (Å²) in [6, 6.07) is 15.5. The summed E-state index contributed by atoms with van der Waals surface area (Å²) in [6.07, 6.45) is 4.28. The minimum absolute atomic E-state index is 0.331. The van der Waals surface area contributed by atoms with Crippen LogP contribution < -0.4 is 0 Å². The predicted molar refractivity (Wildman–Crippen MR) is 97.2 cm³/mol. The molecule has 0 heterocycles. The first-order valence-electron chi connectivity index (χ1n) is 8.25. The second-order valence-corrected chi connectivity index (χ2v) is 5.98. The number of allylic oxidation sites excluding steroid dienone is 1. The number of hydrogen-bond acceptors (Lipinski definition) is 0. The van der Waals surface area contributed by atoms with Gasteiger partial charge >= 0.3 is 0 Å². The molecular formula is C22H20F2. The molecule has 0 aromatic heterocycles. The molecule has 0 saturated heterocycles. The van der Waals surface area contributed by atoms with Gasteiger partial charge in [0, 0.05) is 5.39 Å². The molecule has 2 heteroatoms.